The predicted molar refractivity (Wildman–Crippen MR) is 102 cm³/mol. The van der Waals surface area contributed by atoms with Gasteiger partial charge in [0.15, 0.2) is 5.78 Å². The highest BCUT2D eigenvalue weighted by atomic mass is 16.6. The van der Waals surface area contributed by atoms with E-state index >= 15 is 0 Å². The number of nitrogens with zero attached hydrogens (tertiary/aromatic N) is 3. The quantitative estimate of drug-likeness (QED) is 0.620. The molecule has 1 aliphatic carbocycles. The zero-order valence-electron chi connectivity index (χ0n) is 16.3. The SMILES string of the molecule is CC(C)(C)OC(=O)N1CCN(c2cc3c(cc2[N+](=O)[O-])C(=O)CC3)C(CO)C1. The molecule has 1 fully saturated rings. The van der Waals surface area contributed by atoms with Crippen molar-refractivity contribution in [1.29, 1.82) is 0 Å². The van der Waals surface area contributed by atoms with Gasteiger partial charge in [0.25, 0.3) is 5.69 Å². The Kier molecular flexibility index (Phi) is 5.29. The number of hydrogen-bond donors (Lipinski definition) is 1. The Bertz CT molecular complexity index is 817. The fourth-order valence-corrected chi connectivity index (χ4v) is 3.67. The van der Waals surface area contributed by atoms with E-state index in [1.807, 2.05) is 0 Å². The number of benzene rings is 1. The summed E-state index contributed by atoms with van der Waals surface area (Å²) in [5.41, 5.74) is 0.786. The molecule has 1 N–H and O–H groups in total. The monoisotopic (exact) mass is 391 g/mol. The molecule has 0 spiro atoms. The standard InChI is InChI=1S/C19H25N3O6/c1-19(2,3)28-18(25)20-6-7-21(13(10-20)11-23)15-8-12-4-5-17(24)14(12)9-16(15)22(26)27/h8-9,13,23H,4-7,10-11H2,1-3H3. The summed E-state index contributed by atoms with van der Waals surface area (Å²) in [7, 11) is 0. The van der Waals surface area contributed by atoms with Crippen LogP contribution in [0, 0.1) is 10.1 Å². The molecule has 152 valence electrons. The summed E-state index contributed by atoms with van der Waals surface area (Å²) >= 11 is 0. The zero-order chi connectivity index (χ0) is 20.6. The Morgan fingerprint density at radius 3 is 2.64 bits per heavy atom. The van der Waals surface area contributed by atoms with Crippen LogP contribution in [0.25, 0.3) is 0 Å². The van der Waals surface area contributed by atoms with Gasteiger partial charge in [-0.1, -0.05) is 0 Å². The largest absolute Gasteiger partial charge is 0.444 e. The van der Waals surface area contributed by atoms with E-state index in [2.05, 4.69) is 0 Å². The number of aryl methyl sites for hydroxylation is 1. The second-order valence-electron chi connectivity index (χ2n) is 8.13. The van der Waals surface area contributed by atoms with Crippen molar-refractivity contribution in [2.45, 2.75) is 45.3 Å². The minimum atomic E-state index is -0.631. The highest BCUT2D eigenvalue weighted by molar-refractivity contribution is 6.02. The summed E-state index contributed by atoms with van der Waals surface area (Å²) in [6, 6.07) is 2.52. The molecule has 9 heteroatoms. The predicted octanol–water partition coefficient (Wildman–Crippen LogP) is 2.14. The number of ketones is 1. The number of Topliss-reactive ketones (excluding diaryl/α,β-unsaturated/α-hetero) is 1. The zero-order valence-corrected chi connectivity index (χ0v) is 16.3. The van der Waals surface area contributed by atoms with E-state index in [9.17, 15) is 24.8 Å². The van der Waals surface area contributed by atoms with Crippen molar-refractivity contribution in [2.24, 2.45) is 0 Å². The molecule has 0 bridgehead atoms. The van der Waals surface area contributed by atoms with Gasteiger partial charge in [0.05, 0.1) is 17.6 Å². The number of fused-ring (bicyclic) bond motifs is 1. The molecule has 0 saturated carbocycles. The summed E-state index contributed by atoms with van der Waals surface area (Å²) in [6.45, 7) is 5.89. The van der Waals surface area contributed by atoms with Gasteiger partial charge >= 0.3 is 6.09 Å². The van der Waals surface area contributed by atoms with E-state index in [1.165, 1.54) is 11.0 Å². The maximum Gasteiger partial charge on any atom is 0.410 e. The third-order valence-electron chi connectivity index (χ3n) is 4.97. The van der Waals surface area contributed by atoms with E-state index in [0.717, 1.165) is 5.56 Å². The van der Waals surface area contributed by atoms with Crippen LogP contribution in [-0.2, 0) is 11.2 Å². The summed E-state index contributed by atoms with van der Waals surface area (Å²) in [6.07, 6.45) is 0.437. The lowest BCUT2D eigenvalue weighted by Gasteiger charge is -2.42. The van der Waals surface area contributed by atoms with Crippen molar-refractivity contribution < 1.29 is 24.4 Å². The molecular formula is C19H25N3O6. The highest BCUT2D eigenvalue weighted by Gasteiger charge is 2.36. The van der Waals surface area contributed by atoms with Gasteiger partial charge < -0.3 is 19.6 Å². The van der Waals surface area contributed by atoms with Crippen molar-refractivity contribution in [2.75, 3.05) is 31.1 Å². The van der Waals surface area contributed by atoms with Gasteiger partial charge in [-0.3, -0.25) is 14.9 Å². The number of hydrogen-bond acceptors (Lipinski definition) is 7. The Balaban J connectivity index is 1.87. The summed E-state index contributed by atoms with van der Waals surface area (Å²) < 4.78 is 5.39. The number of ether oxygens (including phenoxy) is 1. The Labute approximate surface area is 163 Å². The minimum absolute atomic E-state index is 0.0851. The fourth-order valence-electron chi connectivity index (χ4n) is 3.67. The molecule has 3 rings (SSSR count). The number of carbonyl (C=O) groups is 2. The number of amides is 1. The molecule has 1 aromatic carbocycles. The molecule has 2 aliphatic rings. The first-order chi connectivity index (χ1) is 13.1. The van der Waals surface area contributed by atoms with Crippen molar-refractivity contribution in [3.05, 3.63) is 33.4 Å². The normalized spacial score (nSPS) is 19.6. The highest BCUT2D eigenvalue weighted by Crippen LogP contribution is 2.37. The molecule has 1 heterocycles. The number of rotatable bonds is 3. The third-order valence-corrected chi connectivity index (χ3v) is 4.97. The number of anilines is 1. The molecular weight excluding hydrogens is 366 g/mol. The summed E-state index contributed by atoms with van der Waals surface area (Å²) in [5, 5.41) is 21.5. The van der Waals surface area contributed by atoms with Crippen LogP contribution in [0.1, 0.15) is 43.1 Å². The number of aliphatic hydroxyl groups is 1. The fraction of sp³-hybridized carbons (Fsp3) is 0.579. The molecule has 1 aliphatic heterocycles. The molecule has 0 aromatic heterocycles. The van der Waals surface area contributed by atoms with Crippen molar-refractivity contribution >= 4 is 23.3 Å². The molecule has 1 amide bonds. The number of nitro groups is 1. The van der Waals surface area contributed by atoms with Crippen molar-refractivity contribution in [3.63, 3.8) is 0 Å². The van der Waals surface area contributed by atoms with E-state index in [0.29, 0.717) is 37.2 Å². The molecule has 1 aromatic rings. The van der Waals surface area contributed by atoms with Crippen LogP contribution in [0.3, 0.4) is 0 Å². The number of piperazine rings is 1. The van der Waals surface area contributed by atoms with Gasteiger partial charge in [0, 0.05) is 37.7 Å². The Morgan fingerprint density at radius 1 is 1.32 bits per heavy atom. The van der Waals surface area contributed by atoms with Crippen LogP contribution < -0.4 is 4.90 Å². The second-order valence-corrected chi connectivity index (χ2v) is 8.13. The van der Waals surface area contributed by atoms with Crippen molar-refractivity contribution in [1.82, 2.24) is 4.90 Å². The van der Waals surface area contributed by atoms with Gasteiger partial charge in [-0.05, 0) is 38.8 Å². The lowest BCUT2D eigenvalue weighted by Crippen LogP contribution is -2.57. The van der Waals surface area contributed by atoms with E-state index < -0.39 is 22.7 Å². The van der Waals surface area contributed by atoms with E-state index in [1.54, 1.807) is 31.7 Å². The topological polar surface area (TPSA) is 113 Å². The minimum Gasteiger partial charge on any atom is -0.444 e. The molecule has 1 saturated heterocycles. The van der Waals surface area contributed by atoms with Crippen LogP contribution in [0.15, 0.2) is 12.1 Å². The van der Waals surface area contributed by atoms with Gasteiger partial charge in [-0.15, -0.1) is 0 Å². The lowest BCUT2D eigenvalue weighted by molar-refractivity contribution is -0.384. The van der Waals surface area contributed by atoms with Crippen molar-refractivity contribution in [3.8, 4) is 0 Å². The van der Waals surface area contributed by atoms with Gasteiger partial charge in [-0.25, -0.2) is 4.79 Å². The molecule has 1 unspecified atom stereocenters. The average Bonchev–Trinajstić information content (AvgIpc) is 2.99. The van der Waals surface area contributed by atoms with Gasteiger partial charge in [0.2, 0.25) is 0 Å². The van der Waals surface area contributed by atoms with Gasteiger partial charge in [0.1, 0.15) is 11.3 Å². The first kappa shape index (κ1) is 20.1. The lowest BCUT2D eigenvalue weighted by atomic mass is 10.0. The molecule has 9 nitrogen and oxygen atoms in total. The third kappa shape index (κ3) is 3.94. The molecule has 28 heavy (non-hydrogen) atoms. The number of carbonyl (C=O) groups excluding carboxylic acids is 2. The Morgan fingerprint density at radius 2 is 2.04 bits per heavy atom. The van der Waals surface area contributed by atoms with Crippen LogP contribution in [0.2, 0.25) is 0 Å². The summed E-state index contributed by atoms with van der Waals surface area (Å²) in [4.78, 5) is 38.7. The molecule has 1 atom stereocenters. The average molecular weight is 391 g/mol. The first-order valence-electron chi connectivity index (χ1n) is 9.30. The maximum atomic E-state index is 12.3. The molecule has 0 radical (unpaired) electrons. The Hall–Kier alpha value is -2.68. The maximum absolute atomic E-state index is 12.3. The number of aliphatic hydroxyl groups excluding tert-OH is 1. The van der Waals surface area contributed by atoms with E-state index in [-0.39, 0.29) is 24.6 Å². The first-order valence-corrected chi connectivity index (χ1v) is 9.30. The second kappa shape index (κ2) is 7.38. The van der Waals surface area contributed by atoms with Gasteiger partial charge in [-0.2, -0.15) is 0 Å². The smallest absolute Gasteiger partial charge is 0.410 e. The van der Waals surface area contributed by atoms with Crippen LogP contribution >= 0.6 is 0 Å². The van der Waals surface area contributed by atoms with Crippen LogP contribution in [-0.4, -0.2) is 64.7 Å². The van der Waals surface area contributed by atoms with E-state index in [4.69, 9.17) is 4.74 Å². The number of nitro benzene ring substituents is 1. The van der Waals surface area contributed by atoms with Crippen LogP contribution in [0.5, 0.6) is 0 Å². The van der Waals surface area contributed by atoms with Crippen LogP contribution in [0.4, 0.5) is 16.2 Å². The summed E-state index contributed by atoms with van der Waals surface area (Å²) in [5.74, 6) is -0.0851.